The van der Waals surface area contributed by atoms with Crippen LogP contribution in [0.5, 0.6) is 5.75 Å². The van der Waals surface area contributed by atoms with E-state index in [4.69, 9.17) is 9.47 Å². The van der Waals surface area contributed by atoms with Crippen molar-refractivity contribution in [2.24, 2.45) is 0 Å². The third-order valence-electron chi connectivity index (χ3n) is 4.03. The molecule has 2 aromatic carbocycles. The second-order valence-corrected chi connectivity index (χ2v) is 5.77. The van der Waals surface area contributed by atoms with E-state index < -0.39 is 0 Å². The summed E-state index contributed by atoms with van der Waals surface area (Å²) >= 11 is 0. The Morgan fingerprint density at radius 2 is 1.96 bits per heavy atom. The van der Waals surface area contributed by atoms with Crippen molar-refractivity contribution >= 4 is 10.9 Å². The van der Waals surface area contributed by atoms with Crippen molar-refractivity contribution in [3.8, 4) is 5.75 Å². The van der Waals surface area contributed by atoms with Crippen LogP contribution in [0.3, 0.4) is 0 Å². The first kappa shape index (κ1) is 16.6. The number of rotatable bonds is 9. The molecule has 0 fully saturated rings. The molecule has 0 aliphatic carbocycles. The van der Waals surface area contributed by atoms with E-state index >= 15 is 0 Å². The van der Waals surface area contributed by atoms with Crippen molar-refractivity contribution in [2.75, 3.05) is 26.9 Å². The smallest absolute Gasteiger partial charge is 0.119 e. The van der Waals surface area contributed by atoms with Gasteiger partial charge in [-0.15, -0.1) is 0 Å². The number of aromatic amines is 1. The maximum Gasteiger partial charge on any atom is 0.119 e. The van der Waals surface area contributed by atoms with Gasteiger partial charge in [0.2, 0.25) is 0 Å². The Morgan fingerprint density at radius 3 is 2.88 bits per heavy atom. The molecule has 126 valence electrons. The molecular weight excluding hydrogens is 300 g/mol. The zero-order chi connectivity index (χ0) is 16.6. The van der Waals surface area contributed by atoms with Gasteiger partial charge >= 0.3 is 0 Å². The molecule has 3 rings (SSSR count). The minimum atomic E-state index is 0.577. The number of aromatic nitrogens is 1. The zero-order valence-corrected chi connectivity index (χ0v) is 14.0. The van der Waals surface area contributed by atoms with Crippen LogP contribution in [-0.2, 0) is 17.7 Å². The fourth-order valence-corrected chi connectivity index (χ4v) is 2.78. The summed E-state index contributed by atoms with van der Waals surface area (Å²) in [5.74, 6) is 0.892. The quantitative estimate of drug-likeness (QED) is 0.592. The van der Waals surface area contributed by atoms with Crippen LogP contribution in [0.4, 0.5) is 0 Å². The van der Waals surface area contributed by atoms with Gasteiger partial charge in [0.1, 0.15) is 12.4 Å². The molecule has 0 saturated heterocycles. The second kappa shape index (κ2) is 8.52. The van der Waals surface area contributed by atoms with Gasteiger partial charge in [0.05, 0.1) is 6.61 Å². The highest BCUT2D eigenvalue weighted by atomic mass is 16.5. The van der Waals surface area contributed by atoms with Gasteiger partial charge < -0.3 is 19.8 Å². The summed E-state index contributed by atoms with van der Waals surface area (Å²) in [6, 6.07) is 16.6. The second-order valence-electron chi connectivity index (χ2n) is 5.77. The Bertz CT molecular complexity index is 767. The largest absolute Gasteiger partial charge is 0.491 e. The average Bonchev–Trinajstić information content (AvgIpc) is 3.03. The highest BCUT2D eigenvalue weighted by molar-refractivity contribution is 5.83. The predicted octanol–water partition coefficient (Wildman–Crippen LogP) is 3.53. The monoisotopic (exact) mass is 324 g/mol. The molecule has 0 radical (unpaired) electrons. The minimum absolute atomic E-state index is 0.577. The van der Waals surface area contributed by atoms with E-state index in [1.165, 1.54) is 22.0 Å². The highest BCUT2D eigenvalue weighted by Crippen LogP contribution is 2.18. The molecule has 1 heterocycles. The van der Waals surface area contributed by atoms with Crippen molar-refractivity contribution in [1.29, 1.82) is 0 Å². The third-order valence-corrected chi connectivity index (χ3v) is 4.03. The summed E-state index contributed by atoms with van der Waals surface area (Å²) in [6.45, 7) is 2.96. The van der Waals surface area contributed by atoms with Crippen LogP contribution in [0.1, 0.15) is 11.1 Å². The first-order chi connectivity index (χ1) is 11.9. The first-order valence-electron chi connectivity index (χ1n) is 8.33. The summed E-state index contributed by atoms with van der Waals surface area (Å²) in [4.78, 5) is 3.32. The van der Waals surface area contributed by atoms with Crippen LogP contribution < -0.4 is 10.1 Å². The lowest BCUT2D eigenvalue weighted by atomic mass is 10.1. The van der Waals surface area contributed by atoms with Gasteiger partial charge in [-0.3, -0.25) is 0 Å². The van der Waals surface area contributed by atoms with Crippen molar-refractivity contribution in [2.45, 2.75) is 13.0 Å². The molecule has 0 spiro atoms. The molecular formula is C20H24N2O2. The number of benzene rings is 2. The van der Waals surface area contributed by atoms with Crippen LogP contribution in [-0.4, -0.2) is 31.9 Å². The summed E-state index contributed by atoms with van der Waals surface area (Å²) in [7, 11) is 1.68. The van der Waals surface area contributed by atoms with Crippen LogP contribution >= 0.6 is 0 Å². The number of hydrogen-bond acceptors (Lipinski definition) is 3. The summed E-state index contributed by atoms with van der Waals surface area (Å²) in [6.07, 6.45) is 3.12. The number of fused-ring (bicyclic) bond motifs is 1. The Balaban J connectivity index is 1.47. The van der Waals surface area contributed by atoms with E-state index in [0.29, 0.717) is 13.2 Å². The maximum atomic E-state index is 5.64. The van der Waals surface area contributed by atoms with Crippen molar-refractivity contribution in [3.05, 3.63) is 65.9 Å². The van der Waals surface area contributed by atoms with Gasteiger partial charge in [0, 0.05) is 30.8 Å². The van der Waals surface area contributed by atoms with E-state index in [9.17, 15) is 0 Å². The van der Waals surface area contributed by atoms with Crippen LogP contribution in [0.25, 0.3) is 10.9 Å². The number of ether oxygens (including phenoxy) is 2. The molecule has 1 aromatic heterocycles. The van der Waals surface area contributed by atoms with Crippen LogP contribution in [0.2, 0.25) is 0 Å². The average molecular weight is 324 g/mol. The molecule has 0 bridgehead atoms. The fourth-order valence-electron chi connectivity index (χ4n) is 2.78. The van der Waals surface area contributed by atoms with Gasteiger partial charge in [-0.05, 0) is 42.3 Å². The fraction of sp³-hybridized carbons (Fsp3) is 0.300. The summed E-state index contributed by atoms with van der Waals surface area (Å²) in [5, 5.41) is 4.82. The highest BCUT2D eigenvalue weighted by Gasteiger charge is 2.02. The van der Waals surface area contributed by atoms with Crippen LogP contribution in [0.15, 0.2) is 54.7 Å². The van der Waals surface area contributed by atoms with E-state index in [2.05, 4.69) is 52.9 Å². The van der Waals surface area contributed by atoms with E-state index in [1.54, 1.807) is 7.11 Å². The predicted molar refractivity (Wildman–Crippen MR) is 97.5 cm³/mol. The Kier molecular flexibility index (Phi) is 5.88. The molecule has 0 atom stereocenters. The van der Waals surface area contributed by atoms with Gasteiger partial charge in [-0.2, -0.15) is 0 Å². The minimum Gasteiger partial charge on any atom is -0.491 e. The lowest BCUT2D eigenvalue weighted by Gasteiger charge is -2.08. The molecule has 4 heteroatoms. The number of nitrogens with one attached hydrogen (secondary N) is 2. The maximum absolute atomic E-state index is 5.64. The first-order valence-corrected chi connectivity index (χ1v) is 8.33. The number of methoxy groups -OCH3 is 1. The van der Waals surface area contributed by atoms with Gasteiger partial charge in [0.25, 0.3) is 0 Å². The van der Waals surface area contributed by atoms with E-state index in [0.717, 1.165) is 25.3 Å². The Labute approximate surface area is 142 Å². The van der Waals surface area contributed by atoms with Gasteiger partial charge in [-0.25, -0.2) is 0 Å². The topological polar surface area (TPSA) is 46.3 Å². The molecule has 4 nitrogen and oxygen atoms in total. The van der Waals surface area contributed by atoms with Gasteiger partial charge in [-0.1, -0.05) is 30.3 Å². The standard InChI is InChI=1S/C20H24N2O2/c1-23-11-12-24-18-6-4-5-16(13-18)14-21-10-9-17-15-22-20-8-3-2-7-19(17)20/h2-8,13,15,21-22H,9-12,14H2,1H3. The molecule has 3 aromatic rings. The van der Waals surface area contributed by atoms with E-state index in [-0.39, 0.29) is 0 Å². The van der Waals surface area contributed by atoms with Crippen molar-refractivity contribution < 1.29 is 9.47 Å². The number of H-pyrrole nitrogens is 1. The molecule has 0 unspecified atom stereocenters. The third kappa shape index (κ3) is 4.37. The molecule has 0 saturated carbocycles. The normalized spacial score (nSPS) is 11.0. The SMILES string of the molecule is COCCOc1cccc(CNCCc2c[nH]c3ccccc23)c1. The summed E-state index contributed by atoms with van der Waals surface area (Å²) in [5.41, 5.74) is 3.78. The number of hydrogen-bond donors (Lipinski definition) is 2. The Morgan fingerprint density at radius 1 is 1.04 bits per heavy atom. The van der Waals surface area contributed by atoms with E-state index in [1.807, 2.05) is 12.1 Å². The van der Waals surface area contributed by atoms with Crippen LogP contribution in [0, 0.1) is 0 Å². The molecule has 0 aliphatic rings. The number of para-hydroxylation sites is 1. The lowest BCUT2D eigenvalue weighted by molar-refractivity contribution is 0.146. The summed E-state index contributed by atoms with van der Waals surface area (Å²) < 4.78 is 10.6. The lowest BCUT2D eigenvalue weighted by Crippen LogP contribution is -2.16. The Hall–Kier alpha value is -2.30. The molecule has 0 aliphatic heterocycles. The van der Waals surface area contributed by atoms with Crippen molar-refractivity contribution in [3.63, 3.8) is 0 Å². The zero-order valence-electron chi connectivity index (χ0n) is 14.0. The molecule has 0 amide bonds. The molecule has 24 heavy (non-hydrogen) atoms. The van der Waals surface area contributed by atoms with Gasteiger partial charge in [0.15, 0.2) is 0 Å². The molecule has 2 N–H and O–H groups in total. The van der Waals surface area contributed by atoms with Crippen molar-refractivity contribution in [1.82, 2.24) is 10.3 Å².